The quantitative estimate of drug-likeness (QED) is 0.180. The number of hydrogen-bond acceptors (Lipinski definition) is 9. The van der Waals surface area contributed by atoms with E-state index < -0.39 is 29.0 Å². The third kappa shape index (κ3) is 6.67. The Labute approximate surface area is 259 Å². The molecule has 5 rings (SSSR count). The van der Waals surface area contributed by atoms with Crippen molar-refractivity contribution in [3.63, 3.8) is 0 Å². The molecule has 4 heterocycles. The highest BCUT2D eigenvalue weighted by Crippen LogP contribution is 2.39. The summed E-state index contributed by atoms with van der Waals surface area (Å²) < 4.78 is 28.0. The van der Waals surface area contributed by atoms with Gasteiger partial charge in [0.05, 0.1) is 41.1 Å². The van der Waals surface area contributed by atoms with E-state index in [0.29, 0.717) is 51.8 Å². The van der Waals surface area contributed by atoms with Gasteiger partial charge in [-0.25, -0.2) is 9.37 Å². The van der Waals surface area contributed by atoms with Crippen molar-refractivity contribution in [1.82, 2.24) is 29.8 Å². The first kappa shape index (κ1) is 31.3. The van der Waals surface area contributed by atoms with Gasteiger partial charge in [-0.3, -0.25) is 9.48 Å². The first-order valence-electron chi connectivity index (χ1n) is 14.3. The molecule has 15 heteroatoms. The molecule has 2 unspecified atom stereocenters. The van der Waals surface area contributed by atoms with E-state index in [1.165, 1.54) is 16.9 Å². The molecule has 0 amide bonds. The van der Waals surface area contributed by atoms with Crippen LogP contribution in [0.25, 0.3) is 22.5 Å². The molecule has 222 valence electrons. The van der Waals surface area contributed by atoms with E-state index in [2.05, 4.69) is 25.6 Å². The fraction of sp³-hybridized carbons (Fsp3) is 0.414. The standard InChI is InChI=1S/C29H32B3FN8O3/c1-5-15(2)24(34)28(42)43-14-36-27-23-9-18(11-35-27)26-17(12-37-41(26)13-29(30,31)32)8-22-25(39-40(4)38-22)20-7-6-19(33)10-21(20)16(3)44-23/h6-7,9-12,15-16,24H,5,8,13-14,34H2,1-4H3,(H,35,36)/t15?,16-,24?/m1/s1. The number of rotatable bonds is 8. The number of carbonyl (C=O) groups is 1. The Kier molecular flexibility index (Phi) is 8.87. The average molecular weight is 592 g/mol. The molecule has 1 aromatic carbocycles. The first-order valence-corrected chi connectivity index (χ1v) is 14.3. The minimum atomic E-state index is -1.55. The summed E-state index contributed by atoms with van der Waals surface area (Å²) in [6.07, 6.45) is 3.71. The van der Waals surface area contributed by atoms with Crippen LogP contribution in [0.1, 0.15) is 50.1 Å². The zero-order valence-corrected chi connectivity index (χ0v) is 25.1. The maximum Gasteiger partial charge on any atom is 0.324 e. The lowest BCUT2D eigenvalue weighted by Gasteiger charge is -2.24. The van der Waals surface area contributed by atoms with E-state index in [-0.39, 0.29) is 19.2 Å². The van der Waals surface area contributed by atoms with Crippen molar-refractivity contribution in [3.05, 3.63) is 59.3 Å². The molecular weight excluding hydrogens is 560 g/mol. The fourth-order valence-electron chi connectivity index (χ4n) is 5.12. The summed E-state index contributed by atoms with van der Waals surface area (Å²) in [4.78, 5) is 18.5. The summed E-state index contributed by atoms with van der Waals surface area (Å²) in [7, 11) is 19.6. The number of fused-ring (bicyclic) bond motifs is 7. The second kappa shape index (κ2) is 12.5. The SMILES string of the molecule is [B]C([B])([B])Cn1ncc2c1-c1cnc(NCOC(=O)C(N)C(C)CC)c(c1)O[C@H](C)c1cc(F)ccc1-c1nn(C)nc1C2. The van der Waals surface area contributed by atoms with E-state index >= 15 is 0 Å². The number of hydrogen-bond donors (Lipinski definition) is 2. The summed E-state index contributed by atoms with van der Waals surface area (Å²) in [6.45, 7) is 5.43. The highest BCUT2D eigenvalue weighted by atomic mass is 19.1. The number of aromatic nitrogens is 6. The molecule has 3 N–H and O–H groups in total. The number of anilines is 1. The maximum atomic E-state index is 14.6. The van der Waals surface area contributed by atoms with Crippen LogP contribution in [0.3, 0.4) is 0 Å². The monoisotopic (exact) mass is 592 g/mol. The number of nitrogens with two attached hydrogens (primary N) is 1. The minimum Gasteiger partial charge on any atom is -0.482 e. The fourth-order valence-corrected chi connectivity index (χ4v) is 5.12. The molecule has 0 spiro atoms. The van der Waals surface area contributed by atoms with Gasteiger partial charge in [-0.2, -0.15) is 20.1 Å². The maximum absolute atomic E-state index is 14.6. The minimum absolute atomic E-state index is 0.00322. The Morgan fingerprint density at radius 3 is 2.77 bits per heavy atom. The van der Waals surface area contributed by atoms with E-state index in [1.807, 2.05) is 13.8 Å². The number of pyridine rings is 1. The smallest absolute Gasteiger partial charge is 0.324 e. The molecular formula is C29H32B3FN8O3. The largest absolute Gasteiger partial charge is 0.482 e. The van der Waals surface area contributed by atoms with E-state index in [4.69, 9.17) is 38.7 Å². The van der Waals surface area contributed by atoms with Crippen molar-refractivity contribution >= 4 is 35.3 Å². The van der Waals surface area contributed by atoms with Crippen molar-refractivity contribution in [2.45, 2.75) is 57.4 Å². The summed E-state index contributed by atoms with van der Waals surface area (Å²) in [5.41, 5.74) is 10.5. The molecule has 2 bridgehead atoms. The van der Waals surface area contributed by atoms with Crippen LogP contribution in [0.15, 0.2) is 36.7 Å². The second-order valence-corrected chi connectivity index (χ2v) is 11.2. The van der Waals surface area contributed by atoms with Gasteiger partial charge < -0.3 is 20.5 Å². The van der Waals surface area contributed by atoms with Crippen LogP contribution in [0.4, 0.5) is 10.2 Å². The lowest BCUT2D eigenvalue weighted by Crippen LogP contribution is -2.38. The molecule has 6 radical (unpaired) electrons. The van der Waals surface area contributed by atoms with Crippen LogP contribution in [-0.4, -0.2) is 72.0 Å². The van der Waals surface area contributed by atoms with Crippen LogP contribution in [0.5, 0.6) is 5.75 Å². The number of nitrogens with one attached hydrogen (secondary N) is 1. The zero-order valence-electron chi connectivity index (χ0n) is 25.1. The topological polar surface area (TPSA) is 135 Å². The molecule has 3 aromatic heterocycles. The number of nitrogens with zero attached hydrogens (tertiary/aromatic N) is 6. The van der Waals surface area contributed by atoms with Gasteiger partial charge in [-0.05, 0) is 37.1 Å². The average Bonchev–Trinajstić information content (AvgIpc) is 3.53. The Balaban J connectivity index is 1.60. The number of aryl methyl sites for hydroxylation is 1. The summed E-state index contributed by atoms with van der Waals surface area (Å²) >= 11 is 0. The Morgan fingerprint density at radius 2 is 2.05 bits per heavy atom. The summed E-state index contributed by atoms with van der Waals surface area (Å²) in [5.74, 6) is -0.399. The number of benzene rings is 1. The molecule has 0 saturated heterocycles. The van der Waals surface area contributed by atoms with Crippen LogP contribution in [0, 0.1) is 11.7 Å². The van der Waals surface area contributed by atoms with Crippen molar-refractivity contribution in [3.8, 4) is 28.3 Å². The molecule has 11 nitrogen and oxygen atoms in total. The third-order valence-corrected chi connectivity index (χ3v) is 7.60. The molecule has 4 aromatic rings. The molecule has 0 fully saturated rings. The molecule has 0 saturated carbocycles. The van der Waals surface area contributed by atoms with Crippen molar-refractivity contribution in [1.29, 1.82) is 0 Å². The van der Waals surface area contributed by atoms with Crippen LogP contribution in [0.2, 0.25) is 5.11 Å². The van der Waals surface area contributed by atoms with Crippen LogP contribution < -0.4 is 15.8 Å². The number of halogens is 1. The summed E-state index contributed by atoms with van der Waals surface area (Å²) in [6, 6.07) is 5.46. The van der Waals surface area contributed by atoms with Gasteiger partial charge in [-0.15, -0.1) is 5.11 Å². The van der Waals surface area contributed by atoms with E-state index in [0.717, 1.165) is 12.0 Å². The Bertz CT molecular complexity index is 1670. The number of esters is 1. The molecule has 3 atom stereocenters. The number of ether oxygens (including phenoxy) is 2. The highest BCUT2D eigenvalue weighted by Gasteiger charge is 2.27. The van der Waals surface area contributed by atoms with Gasteiger partial charge >= 0.3 is 5.97 Å². The Morgan fingerprint density at radius 1 is 1.27 bits per heavy atom. The van der Waals surface area contributed by atoms with Crippen molar-refractivity contribution in [2.24, 2.45) is 18.7 Å². The molecule has 0 aliphatic carbocycles. The molecule has 44 heavy (non-hydrogen) atoms. The predicted molar refractivity (Wildman–Crippen MR) is 166 cm³/mol. The molecule has 1 aliphatic heterocycles. The Hall–Kier alpha value is -4.13. The highest BCUT2D eigenvalue weighted by molar-refractivity contribution is 6.58. The molecule has 1 aliphatic rings. The number of carbonyl (C=O) groups excluding carboxylic acids is 1. The van der Waals surface area contributed by atoms with Gasteiger partial charge in [0.25, 0.3) is 0 Å². The first-order chi connectivity index (χ1) is 20.8. The van der Waals surface area contributed by atoms with Gasteiger partial charge in [0.1, 0.15) is 23.7 Å². The van der Waals surface area contributed by atoms with E-state index in [1.54, 1.807) is 43.2 Å². The lowest BCUT2D eigenvalue weighted by molar-refractivity contribution is -0.145. The van der Waals surface area contributed by atoms with Gasteiger partial charge in [0.15, 0.2) is 18.3 Å². The van der Waals surface area contributed by atoms with Crippen molar-refractivity contribution < 1.29 is 18.7 Å². The normalized spacial score (nSPS) is 15.8. The van der Waals surface area contributed by atoms with Gasteiger partial charge in [0.2, 0.25) is 0 Å². The van der Waals surface area contributed by atoms with Gasteiger partial charge in [0, 0.05) is 48.5 Å². The summed E-state index contributed by atoms with van der Waals surface area (Å²) in [5, 5.41) is 15.2. The predicted octanol–water partition coefficient (Wildman–Crippen LogP) is 2.79. The van der Waals surface area contributed by atoms with Crippen LogP contribution >= 0.6 is 0 Å². The van der Waals surface area contributed by atoms with E-state index in [9.17, 15) is 9.18 Å². The zero-order chi connectivity index (χ0) is 31.8. The second-order valence-electron chi connectivity index (χ2n) is 11.2. The lowest BCUT2D eigenvalue weighted by atomic mass is 9.43. The third-order valence-electron chi connectivity index (χ3n) is 7.60. The van der Waals surface area contributed by atoms with Gasteiger partial charge in [-0.1, -0.05) is 20.3 Å². The van der Waals surface area contributed by atoms with Crippen LogP contribution in [-0.2, 0) is 29.5 Å². The van der Waals surface area contributed by atoms with Crippen molar-refractivity contribution in [2.75, 3.05) is 12.0 Å².